The zero-order chi connectivity index (χ0) is 19.4. The van der Waals surface area contributed by atoms with Gasteiger partial charge in [0.25, 0.3) is 10.0 Å². The van der Waals surface area contributed by atoms with Crippen molar-refractivity contribution in [3.05, 3.63) is 70.1 Å². The van der Waals surface area contributed by atoms with Gasteiger partial charge in [-0.2, -0.15) is 5.26 Å². The second kappa shape index (κ2) is 7.73. The van der Waals surface area contributed by atoms with E-state index < -0.39 is 10.0 Å². The van der Waals surface area contributed by atoms with Gasteiger partial charge in [-0.05, 0) is 40.3 Å². The van der Waals surface area contributed by atoms with Gasteiger partial charge in [0.2, 0.25) is 0 Å². The average molecular weight is 370 g/mol. The minimum absolute atomic E-state index is 0.102. The predicted octanol–water partition coefficient (Wildman–Crippen LogP) is 3.67. The SMILES string of the molecule is CC(C)(C)c1cc(C=C(C#N)S(=O)(=O)NCc2ccccc2)ccc1O. The smallest absolute Gasteiger partial charge is 0.251 e. The zero-order valence-electron chi connectivity index (χ0n) is 15.0. The molecule has 0 fully saturated rings. The van der Waals surface area contributed by atoms with Crippen molar-refractivity contribution < 1.29 is 13.5 Å². The van der Waals surface area contributed by atoms with Crippen molar-refractivity contribution in [2.45, 2.75) is 32.7 Å². The van der Waals surface area contributed by atoms with Crippen LogP contribution in [0.2, 0.25) is 0 Å². The van der Waals surface area contributed by atoms with Gasteiger partial charge >= 0.3 is 0 Å². The van der Waals surface area contributed by atoms with Crippen molar-refractivity contribution in [3.63, 3.8) is 0 Å². The van der Waals surface area contributed by atoms with E-state index in [4.69, 9.17) is 0 Å². The van der Waals surface area contributed by atoms with Gasteiger partial charge in [-0.3, -0.25) is 0 Å². The molecule has 136 valence electrons. The Morgan fingerprint density at radius 2 is 1.85 bits per heavy atom. The molecule has 0 radical (unpaired) electrons. The van der Waals surface area contributed by atoms with Gasteiger partial charge in [-0.1, -0.05) is 57.2 Å². The van der Waals surface area contributed by atoms with Gasteiger partial charge in [-0.25, -0.2) is 13.1 Å². The van der Waals surface area contributed by atoms with Gasteiger partial charge in [0.05, 0.1) is 0 Å². The third kappa shape index (κ3) is 4.94. The number of rotatable bonds is 5. The summed E-state index contributed by atoms with van der Waals surface area (Å²) in [6.45, 7) is 5.93. The maximum atomic E-state index is 12.4. The van der Waals surface area contributed by atoms with Crippen LogP contribution < -0.4 is 4.72 Å². The van der Waals surface area contributed by atoms with E-state index in [0.29, 0.717) is 11.1 Å². The second-order valence-corrected chi connectivity index (χ2v) is 8.69. The number of phenolic OH excluding ortho intramolecular Hbond substituents is 1. The van der Waals surface area contributed by atoms with Gasteiger partial charge in [0, 0.05) is 6.54 Å². The minimum Gasteiger partial charge on any atom is -0.508 e. The molecule has 0 aliphatic carbocycles. The van der Waals surface area contributed by atoms with E-state index in [1.807, 2.05) is 39.0 Å². The van der Waals surface area contributed by atoms with Crippen LogP contribution in [0, 0.1) is 11.3 Å². The number of aromatic hydroxyl groups is 1. The Morgan fingerprint density at radius 1 is 1.19 bits per heavy atom. The van der Waals surface area contributed by atoms with Crippen molar-refractivity contribution in [3.8, 4) is 11.8 Å². The monoisotopic (exact) mass is 370 g/mol. The van der Waals surface area contributed by atoms with E-state index in [9.17, 15) is 18.8 Å². The lowest BCUT2D eigenvalue weighted by Gasteiger charge is -2.20. The van der Waals surface area contributed by atoms with Crippen LogP contribution >= 0.6 is 0 Å². The van der Waals surface area contributed by atoms with Crippen LogP contribution in [-0.2, 0) is 22.0 Å². The van der Waals surface area contributed by atoms with Crippen LogP contribution in [0.15, 0.2) is 53.4 Å². The lowest BCUT2D eigenvalue weighted by atomic mass is 9.85. The average Bonchev–Trinajstić information content (AvgIpc) is 2.59. The molecule has 2 aromatic rings. The minimum atomic E-state index is -3.94. The fourth-order valence-corrected chi connectivity index (χ4v) is 3.34. The van der Waals surface area contributed by atoms with E-state index in [1.165, 1.54) is 12.1 Å². The zero-order valence-corrected chi connectivity index (χ0v) is 15.8. The molecule has 0 bridgehead atoms. The number of sulfonamides is 1. The number of phenols is 1. The summed E-state index contributed by atoms with van der Waals surface area (Å²) in [7, 11) is -3.94. The highest BCUT2D eigenvalue weighted by Crippen LogP contribution is 2.31. The summed E-state index contributed by atoms with van der Waals surface area (Å²) < 4.78 is 27.3. The van der Waals surface area contributed by atoms with E-state index >= 15 is 0 Å². The number of nitrogens with zero attached hydrogens (tertiary/aromatic N) is 1. The molecule has 0 unspecified atom stereocenters. The van der Waals surface area contributed by atoms with Gasteiger partial charge < -0.3 is 5.11 Å². The Hall–Kier alpha value is -2.62. The molecule has 6 heteroatoms. The Balaban J connectivity index is 2.31. The van der Waals surface area contributed by atoms with E-state index in [-0.39, 0.29) is 22.6 Å². The van der Waals surface area contributed by atoms with Crippen molar-refractivity contribution >= 4 is 16.1 Å². The first-order valence-corrected chi connectivity index (χ1v) is 9.61. The van der Waals surface area contributed by atoms with Crippen molar-refractivity contribution in [2.24, 2.45) is 0 Å². The molecule has 2 rings (SSSR count). The lowest BCUT2D eigenvalue weighted by Crippen LogP contribution is -2.24. The van der Waals surface area contributed by atoms with Gasteiger partial charge in [0.1, 0.15) is 11.8 Å². The molecule has 0 aromatic heterocycles. The van der Waals surface area contributed by atoms with Gasteiger partial charge in [0.15, 0.2) is 4.91 Å². The Kier molecular flexibility index (Phi) is 5.86. The summed E-state index contributed by atoms with van der Waals surface area (Å²) in [6.07, 6.45) is 1.31. The highest BCUT2D eigenvalue weighted by Gasteiger charge is 2.20. The van der Waals surface area contributed by atoms with Crippen LogP contribution in [0.4, 0.5) is 0 Å². The van der Waals surface area contributed by atoms with Crippen LogP contribution in [0.5, 0.6) is 5.75 Å². The third-order valence-corrected chi connectivity index (χ3v) is 5.15. The summed E-state index contributed by atoms with van der Waals surface area (Å²) in [4.78, 5) is -0.376. The Morgan fingerprint density at radius 3 is 2.42 bits per heavy atom. The Labute approximate surface area is 154 Å². The van der Waals surface area contributed by atoms with Crippen LogP contribution in [0.1, 0.15) is 37.5 Å². The summed E-state index contributed by atoms with van der Waals surface area (Å²) in [6, 6.07) is 15.6. The molecule has 0 saturated heterocycles. The highest BCUT2D eigenvalue weighted by molar-refractivity contribution is 7.93. The van der Waals surface area contributed by atoms with Crippen LogP contribution in [0.3, 0.4) is 0 Å². The lowest BCUT2D eigenvalue weighted by molar-refractivity contribution is 0.446. The van der Waals surface area contributed by atoms with Crippen LogP contribution in [0.25, 0.3) is 6.08 Å². The number of hydrogen-bond donors (Lipinski definition) is 2. The molecular weight excluding hydrogens is 348 g/mol. The first-order chi connectivity index (χ1) is 12.1. The van der Waals surface area contributed by atoms with E-state index in [2.05, 4.69) is 4.72 Å². The normalized spacial score (nSPS) is 12.6. The van der Waals surface area contributed by atoms with E-state index in [1.54, 1.807) is 30.3 Å². The predicted molar refractivity (Wildman–Crippen MR) is 103 cm³/mol. The summed E-state index contributed by atoms with van der Waals surface area (Å²) in [5.74, 6) is 0.137. The second-order valence-electron chi connectivity index (χ2n) is 6.96. The first-order valence-electron chi connectivity index (χ1n) is 8.12. The molecule has 0 amide bonds. The highest BCUT2D eigenvalue weighted by atomic mass is 32.2. The number of nitriles is 1. The summed E-state index contributed by atoms with van der Waals surface area (Å²) in [5.41, 5.74) is 1.70. The fourth-order valence-electron chi connectivity index (χ4n) is 2.42. The topological polar surface area (TPSA) is 90.2 Å². The van der Waals surface area contributed by atoms with E-state index in [0.717, 1.165) is 5.56 Å². The molecular formula is C20H22N2O3S. The molecule has 0 atom stereocenters. The molecule has 26 heavy (non-hydrogen) atoms. The molecule has 0 spiro atoms. The molecule has 0 heterocycles. The largest absolute Gasteiger partial charge is 0.508 e. The number of allylic oxidation sites excluding steroid dienone is 1. The third-order valence-electron chi connectivity index (χ3n) is 3.84. The summed E-state index contributed by atoms with van der Waals surface area (Å²) >= 11 is 0. The molecule has 0 saturated carbocycles. The first kappa shape index (κ1) is 19.7. The Bertz CT molecular complexity index is 951. The van der Waals surface area contributed by atoms with Crippen LogP contribution in [-0.4, -0.2) is 13.5 Å². The van der Waals surface area contributed by atoms with Crippen molar-refractivity contribution in [1.82, 2.24) is 4.72 Å². The summed E-state index contributed by atoms with van der Waals surface area (Å²) in [5, 5.41) is 19.3. The quantitative estimate of drug-likeness (QED) is 0.786. The maximum Gasteiger partial charge on any atom is 0.251 e. The standard InChI is InChI=1S/C20H22N2O3S/c1-20(2,3)18-12-16(9-10-19(18)23)11-17(13-21)26(24,25)22-14-15-7-5-4-6-8-15/h4-12,22-23H,14H2,1-3H3. The van der Waals surface area contributed by atoms with Crippen molar-refractivity contribution in [2.75, 3.05) is 0 Å². The molecule has 0 aliphatic heterocycles. The van der Waals surface area contributed by atoms with Crippen molar-refractivity contribution in [1.29, 1.82) is 5.26 Å². The molecule has 0 aliphatic rings. The number of benzene rings is 2. The fraction of sp³-hybridized carbons (Fsp3) is 0.250. The number of hydrogen-bond acceptors (Lipinski definition) is 4. The van der Waals surface area contributed by atoms with Gasteiger partial charge in [-0.15, -0.1) is 0 Å². The number of nitrogens with one attached hydrogen (secondary N) is 1. The molecule has 2 aromatic carbocycles. The maximum absolute atomic E-state index is 12.4. The molecule has 2 N–H and O–H groups in total. The molecule has 5 nitrogen and oxygen atoms in total.